The second-order valence-electron chi connectivity index (χ2n) is 8.62. The van der Waals surface area contributed by atoms with Crippen LogP contribution in [0.1, 0.15) is 57.4 Å². The summed E-state index contributed by atoms with van der Waals surface area (Å²) in [6, 6.07) is 9.30. The maximum atomic E-state index is 12.7. The summed E-state index contributed by atoms with van der Waals surface area (Å²) in [5, 5.41) is 0. The number of benzene rings is 1. The van der Waals surface area contributed by atoms with Crippen LogP contribution >= 0.6 is 0 Å². The van der Waals surface area contributed by atoms with Gasteiger partial charge in [0.1, 0.15) is 0 Å². The van der Waals surface area contributed by atoms with Crippen molar-refractivity contribution in [3.8, 4) is 0 Å². The van der Waals surface area contributed by atoms with Crippen molar-refractivity contribution >= 4 is 15.9 Å². The Morgan fingerprint density at radius 3 is 2.70 bits per heavy atom. The van der Waals surface area contributed by atoms with Crippen molar-refractivity contribution in [2.24, 2.45) is 11.8 Å². The summed E-state index contributed by atoms with van der Waals surface area (Å²) < 4.78 is 28.5. The van der Waals surface area contributed by atoms with E-state index in [4.69, 9.17) is 0 Å². The molecule has 1 saturated carbocycles. The lowest BCUT2D eigenvalue weighted by molar-refractivity contribution is -0.138. The maximum Gasteiger partial charge on any atom is 0.223 e. The van der Waals surface area contributed by atoms with E-state index in [-0.39, 0.29) is 23.3 Å². The second kappa shape index (κ2) is 7.21. The van der Waals surface area contributed by atoms with E-state index in [0.717, 1.165) is 50.6 Å². The number of rotatable bonds is 4. The fourth-order valence-electron chi connectivity index (χ4n) is 5.91. The van der Waals surface area contributed by atoms with Crippen molar-refractivity contribution in [3.05, 3.63) is 35.9 Å². The number of carbonyl (C=O) groups is 1. The third kappa shape index (κ3) is 3.54. The van der Waals surface area contributed by atoms with Crippen molar-refractivity contribution in [1.29, 1.82) is 0 Å². The first-order valence-corrected chi connectivity index (χ1v) is 11.9. The Labute approximate surface area is 162 Å². The molecule has 148 valence electrons. The molecule has 0 aromatic heterocycles. The Hall–Kier alpha value is -1.40. The van der Waals surface area contributed by atoms with E-state index < -0.39 is 10.0 Å². The maximum absolute atomic E-state index is 12.7. The van der Waals surface area contributed by atoms with Gasteiger partial charge in [-0.1, -0.05) is 37.3 Å². The summed E-state index contributed by atoms with van der Waals surface area (Å²) in [7, 11) is -3.38. The van der Waals surface area contributed by atoms with Crippen LogP contribution in [-0.4, -0.2) is 37.4 Å². The second-order valence-corrected chi connectivity index (χ2v) is 10.4. The SMILES string of the molecule is C[C@H]1[C@@H](NS(=O)(=O)Cc2ccccc2)CC[C@@]23CCCN2C(=O)CCC[C@@H]13. The Morgan fingerprint density at radius 2 is 1.93 bits per heavy atom. The number of sulfonamides is 1. The van der Waals surface area contributed by atoms with Gasteiger partial charge in [0.05, 0.1) is 5.75 Å². The number of amides is 1. The third-order valence-electron chi connectivity index (χ3n) is 7.11. The first-order chi connectivity index (χ1) is 12.9. The molecule has 1 amide bonds. The van der Waals surface area contributed by atoms with E-state index in [9.17, 15) is 13.2 Å². The molecule has 0 bridgehead atoms. The molecular formula is C21H30N2O3S. The standard InChI is InChI=1S/C21H30N2O3S/c1-16-18-9-5-10-20(24)23-14-6-12-21(18,23)13-11-19(16)22-27(25,26)15-17-7-3-2-4-8-17/h2-4,7-8,16,18-19,22H,5-6,9-15H2,1H3/t16-,18+,19+,21-/m1/s1. The lowest BCUT2D eigenvalue weighted by Crippen LogP contribution is -2.59. The topological polar surface area (TPSA) is 66.5 Å². The lowest BCUT2D eigenvalue weighted by atomic mass is 9.63. The van der Waals surface area contributed by atoms with E-state index in [0.29, 0.717) is 18.2 Å². The Bertz CT molecular complexity index is 795. The van der Waals surface area contributed by atoms with Gasteiger partial charge in [0.2, 0.25) is 15.9 Å². The minimum absolute atomic E-state index is 0.0195. The number of hydrogen-bond donors (Lipinski definition) is 1. The van der Waals surface area contributed by atoms with Crippen LogP contribution in [0.15, 0.2) is 30.3 Å². The lowest BCUT2D eigenvalue weighted by Gasteiger charge is -2.52. The molecule has 4 rings (SSSR count). The highest BCUT2D eigenvalue weighted by Crippen LogP contribution is 2.51. The van der Waals surface area contributed by atoms with E-state index in [1.54, 1.807) is 0 Å². The van der Waals surface area contributed by atoms with Crippen molar-refractivity contribution < 1.29 is 13.2 Å². The zero-order valence-electron chi connectivity index (χ0n) is 16.1. The predicted octanol–water partition coefficient (Wildman–Crippen LogP) is 3.07. The van der Waals surface area contributed by atoms with Crippen LogP contribution in [0.25, 0.3) is 0 Å². The molecule has 3 fully saturated rings. The molecule has 2 heterocycles. The molecule has 3 aliphatic rings. The molecule has 1 spiro atoms. The minimum atomic E-state index is -3.38. The highest BCUT2D eigenvalue weighted by Gasteiger charge is 2.55. The smallest absolute Gasteiger partial charge is 0.223 e. The Kier molecular flexibility index (Phi) is 5.06. The van der Waals surface area contributed by atoms with Crippen molar-refractivity contribution in [2.75, 3.05) is 6.54 Å². The van der Waals surface area contributed by atoms with Crippen LogP contribution in [-0.2, 0) is 20.6 Å². The molecule has 27 heavy (non-hydrogen) atoms. The summed E-state index contributed by atoms with van der Waals surface area (Å²) >= 11 is 0. The van der Waals surface area contributed by atoms with Gasteiger partial charge in [0.15, 0.2) is 0 Å². The number of carbonyl (C=O) groups excluding carboxylic acids is 1. The average molecular weight is 391 g/mol. The van der Waals surface area contributed by atoms with E-state index in [2.05, 4.69) is 16.5 Å². The minimum Gasteiger partial charge on any atom is -0.337 e. The molecule has 0 unspecified atom stereocenters. The van der Waals surface area contributed by atoms with Gasteiger partial charge in [0, 0.05) is 24.5 Å². The molecule has 1 aliphatic carbocycles. The molecule has 1 N–H and O–H groups in total. The van der Waals surface area contributed by atoms with Gasteiger partial charge in [-0.15, -0.1) is 0 Å². The first-order valence-electron chi connectivity index (χ1n) is 10.3. The molecule has 5 nitrogen and oxygen atoms in total. The quantitative estimate of drug-likeness (QED) is 0.859. The monoisotopic (exact) mass is 390 g/mol. The molecular weight excluding hydrogens is 360 g/mol. The average Bonchev–Trinajstić information content (AvgIpc) is 2.99. The first kappa shape index (κ1) is 18.9. The number of nitrogens with zero attached hydrogens (tertiary/aromatic N) is 1. The van der Waals surface area contributed by atoms with Crippen LogP contribution in [0.5, 0.6) is 0 Å². The number of hydrogen-bond acceptors (Lipinski definition) is 3. The van der Waals surface area contributed by atoms with Gasteiger partial charge < -0.3 is 4.90 Å². The normalized spacial score (nSPS) is 34.0. The summed E-state index contributed by atoms with van der Waals surface area (Å²) in [6.45, 7) is 3.07. The van der Waals surface area contributed by atoms with E-state index in [1.165, 1.54) is 0 Å². The highest BCUT2D eigenvalue weighted by molar-refractivity contribution is 7.88. The van der Waals surface area contributed by atoms with Gasteiger partial charge in [0.25, 0.3) is 0 Å². The van der Waals surface area contributed by atoms with Crippen LogP contribution in [0.2, 0.25) is 0 Å². The molecule has 1 aromatic carbocycles. The molecule has 2 saturated heterocycles. The zero-order chi connectivity index (χ0) is 19.1. The summed E-state index contributed by atoms with van der Waals surface area (Å²) in [5.41, 5.74) is 0.793. The van der Waals surface area contributed by atoms with Crippen LogP contribution in [0.4, 0.5) is 0 Å². The van der Waals surface area contributed by atoms with Crippen LogP contribution < -0.4 is 4.72 Å². The van der Waals surface area contributed by atoms with Crippen LogP contribution in [0.3, 0.4) is 0 Å². The fraction of sp³-hybridized carbons (Fsp3) is 0.667. The van der Waals surface area contributed by atoms with Gasteiger partial charge >= 0.3 is 0 Å². The summed E-state index contributed by atoms with van der Waals surface area (Å²) in [5.74, 6) is 0.975. The van der Waals surface area contributed by atoms with Crippen molar-refractivity contribution in [1.82, 2.24) is 9.62 Å². The zero-order valence-corrected chi connectivity index (χ0v) is 16.9. The van der Waals surface area contributed by atoms with Gasteiger partial charge in [-0.05, 0) is 55.9 Å². The van der Waals surface area contributed by atoms with Crippen molar-refractivity contribution in [2.45, 2.75) is 69.2 Å². The third-order valence-corrected chi connectivity index (χ3v) is 8.49. The van der Waals surface area contributed by atoms with Gasteiger partial charge in [-0.3, -0.25) is 4.79 Å². The largest absolute Gasteiger partial charge is 0.337 e. The molecule has 4 atom stereocenters. The van der Waals surface area contributed by atoms with E-state index in [1.807, 2.05) is 30.3 Å². The van der Waals surface area contributed by atoms with Crippen molar-refractivity contribution in [3.63, 3.8) is 0 Å². The Morgan fingerprint density at radius 1 is 1.15 bits per heavy atom. The molecule has 6 heteroatoms. The fourth-order valence-corrected chi connectivity index (χ4v) is 7.42. The summed E-state index contributed by atoms with van der Waals surface area (Å²) in [4.78, 5) is 14.7. The van der Waals surface area contributed by atoms with E-state index >= 15 is 0 Å². The molecule has 2 aliphatic heterocycles. The summed E-state index contributed by atoms with van der Waals surface area (Å²) in [6.07, 6.45) is 6.50. The predicted molar refractivity (Wildman–Crippen MR) is 105 cm³/mol. The Balaban J connectivity index is 1.51. The van der Waals surface area contributed by atoms with Crippen LogP contribution in [0, 0.1) is 11.8 Å². The van der Waals surface area contributed by atoms with Gasteiger partial charge in [-0.2, -0.15) is 0 Å². The van der Waals surface area contributed by atoms with Gasteiger partial charge in [-0.25, -0.2) is 13.1 Å². The number of nitrogens with one attached hydrogen (secondary N) is 1. The highest BCUT2D eigenvalue weighted by atomic mass is 32.2. The molecule has 1 aromatic rings. The molecule has 0 radical (unpaired) electrons.